The summed E-state index contributed by atoms with van der Waals surface area (Å²) in [5.41, 5.74) is -1.62. The first-order chi connectivity index (χ1) is 20.1. The van der Waals surface area contributed by atoms with Gasteiger partial charge in [-0.3, -0.25) is 4.90 Å². The minimum atomic E-state index is -4.68. The zero-order chi connectivity index (χ0) is 32.3. The SMILES string of the molecule is CCCCOC(=O)C(C)(C)N1C(=O)N(C[C@H](OC(C)C)c2cc(F)ccc2OC)c2sc(C(=O)OCC)c(C)c2S1(=O)=O. The van der Waals surface area contributed by atoms with E-state index in [0.717, 1.165) is 22.7 Å². The molecule has 11 nitrogen and oxygen atoms in total. The van der Waals surface area contributed by atoms with Crippen molar-refractivity contribution in [2.45, 2.75) is 84.0 Å². The van der Waals surface area contributed by atoms with E-state index in [1.165, 1.54) is 46.1 Å². The van der Waals surface area contributed by atoms with Crippen molar-refractivity contribution in [3.63, 3.8) is 0 Å². The van der Waals surface area contributed by atoms with Crippen LogP contribution in [0.2, 0.25) is 0 Å². The van der Waals surface area contributed by atoms with E-state index in [4.69, 9.17) is 18.9 Å². The van der Waals surface area contributed by atoms with Crippen molar-refractivity contribution >= 4 is 44.3 Å². The molecule has 14 heteroatoms. The fourth-order valence-corrected chi connectivity index (χ4v) is 8.27. The molecule has 3 rings (SSSR count). The molecule has 0 saturated heterocycles. The number of carbonyl (C=O) groups is 3. The molecule has 0 N–H and O–H groups in total. The summed E-state index contributed by atoms with van der Waals surface area (Å²) in [6.45, 7) is 10.8. The van der Waals surface area contributed by atoms with Crippen molar-refractivity contribution in [3.05, 3.63) is 40.0 Å². The summed E-state index contributed by atoms with van der Waals surface area (Å²) in [4.78, 5) is 41.2. The average molecular weight is 643 g/mol. The highest BCUT2D eigenvalue weighted by Crippen LogP contribution is 2.47. The Balaban J connectivity index is 2.26. The van der Waals surface area contributed by atoms with Crippen LogP contribution in [0.15, 0.2) is 23.1 Å². The maximum absolute atomic E-state index is 14.4. The average Bonchev–Trinajstić information content (AvgIpc) is 3.28. The van der Waals surface area contributed by atoms with Crippen LogP contribution in [0, 0.1) is 12.7 Å². The van der Waals surface area contributed by atoms with Crippen LogP contribution in [0.25, 0.3) is 0 Å². The summed E-state index contributed by atoms with van der Waals surface area (Å²) in [6, 6.07) is 2.79. The lowest BCUT2D eigenvalue weighted by atomic mass is 10.1. The van der Waals surface area contributed by atoms with E-state index in [1.54, 1.807) is 20.8 Å². The Morgan fingerprint density at radius 1 is 1.14 bits per heavy atom. The number of hydrogen-bond acceptors (Lipinski definition) is 10. The Morgan fingerprint density at radius 2 is 1.81 bits per heavy atom. The van der Waals surface area contributed by atoms with Gasteiger partial charge in [-0.2, -0.15) is 4.31 Å². The number of unbranched alkanes of at least 4 members (excludes halogenated alkanes) is 1. The number of esters is 2. The number of thiophene rings is 1. The number of benzene rings is 1. The topological polar surface area (TPSA) is 129 Å². The van der Waals surface area contributed by atoms with Gasteiger partial charge in [-0.1, -0.05) is 13.3 Å². The summed E-state index contributed by atoms with van der Waals surface area (Å²) in [6.07, 6.45) is -0.118. The molecular formula is C29H39FN2O9S2. The van der Waals surface area contributed by atoms with E-state index in [-0.39, 0.29) is 51.4 Å². The fourth-order valence-electron chi connectivity index (χ4n) is 4.68. The van der Waals surface area contributed by atoms with E-state index in [9.17, 15) is 27.2 Å². The van der Waals surface area contributed by atoms with Crippen molar-refractivity contribution in [3.8, 4) is 5.75 Å². The molecule has 0 bridgehead atoms. The van der Waals surface area contributed by atoms with Crippen molar-refractivity contribution in [1.82, 2.24) is 4.31 Å². The minimum absolute atomic E-state index is 0.0110. The Labute approximate surface area is 255 Å². The van der Waals surface area contributed by atoms with Crippen LogP contribution in [0.4, 0.5) is 14.2 Å². The number of fused-ring (bicyclic) bond motifs is 1. The molecule has 2 heterocycles. The number of carbonyl (C=O) groups excluding carboxylic acids is 3. The van der Waals surface area contributed by atoms with Crippen molar-refractivity contribution < 1.29 is 46.1 Å². The molecule has 0 radical (unpaired) electrons. The van der Waals surface area contributed by atoms with Crippen molar-refractivity contribution in [1.29, 1.82) is 0 Å². The molecule has 2 aromatic rings. The highest BCUT2D eigenvalue weighted by Gasteiger charge is 2.55. The van der Waals surface area contributed by atoms with Crippen LogP contribution >= 0.6 is 11.3 Å². The third kappa shape index (κ3) is 6.80. The fraction of sp³-hybridized carbons (Fsp3) is 0.552. The van der Waals surface area contributed by atoms with Gasteiger partial charge in [-0.05, 0) is 71.7 Å². The highest BCUT2D eigenvalue weighted by molar-refractivity contribution is 7.90. The van der Waals surface area contributed by atoms with Gasteiger partial charge in [0.1, 0.15) is 32.4 Å². The van der Waals surface area contributed by atoms with Crippen molar-refractivity contribution in [2.24, 2.45) is 0 Å². The molecule has 1 atom stereocenters. The number of hydrogen-bond donors (Lipinski definition) is 0. The van der Waals surface area contributed by atoms with Gasteiger partial charge in [0, 0.05) is 5.56 Å². The summed E-state index contributed by atoms with van der Waals surface area (Å²) >= 11 is 0.779. The number of nitrogens with zero attached hydrogens (tertiary/aromatic N) is 2. The van der Waals surface area contributed by atoms with Gasteiger partial charge < -0.3 is 18.9 Å². The largest absolute Gasteiger partial charge is 0.496 e. The summed E-state index contributed by atoms with van der Waals surface area (Å²) < 4.78 is 65.3. The molecule has 0 unspecified atom stereocenters. The smallest absolute Gasteiger partial charge is 0.348 e. The second kappa shape index (κ2) is 13.6. The molecule has 1 aromatic carbocycles. The first-order valence-electron chi connectivity index (χ1n) is 14.0. The molecule has 0 fully saturated rings. The van der Waals surface area contributed by atoms with Crippen LogP contribution in [-0.2, 0) is 29.0 Å². The molecule has 1 aliphatic heterocycles. The van der Waals surface area contributed by atoms with Crippen LogP contribution in [0.5, 0.6) is 5.75 Å². The lowest BCUT2D eigenvalue weighted by molar-refractivity contribution is -0.152. The molecule has 0 spiro atoms. The van der Waals surface area contributed by atoms with E-state index in [0.29, 0.717) is 10.7 Å². The number of rotatable bonds is 13. The molecule has 238 valence electrons. The normalized spacial score (nSPS) is 15.3. The third-order valence-corrected chi connectivity index (χ3v) is 10.3. The van der Waals surface area contributed by atoms with Crippen LogP contribution in [0.3, 0.4) is 0 Å². The van der Waals surface area contributed by atoms with Gasteiger partial charge >= 0.3 is 18.0 Å². The lowest BCUT2D eigenvalue weighted by Gasteiger charge is -2.42. The summed E-state index contributed by atoms with van der Waals surface area (Å²) in [5.74, 6) is -1.96. The number of urea groups is 1. The number of methoxy groups -OCH3 is 1. The predicted octanol–water partition coefficient (Wildman–Crippen LogP) is 5.60. The van der Waals surface area contributed by atoms with Crippen LogP contribution in [0.1, 0.15) is 81.3 Å². The number of amides is 2. The maximum atomic E-state index is 14.4. The number of halogens is 1. The molecule has 43 heavy (non-hydrogen) atoms. The Morgan fingerprint density at radius 3 is 2.40 bits per heavy atom. The predicted molar refractivity (Wildman–Crippen MR) is 159 cm³/mol. The molecule has 0 aliphatic carbocycles. The summed E-state index contributed by atoms with van der Waals surface area (Å²) in [7, 11) is -3.28. The molecule has 2 amide bonds. The third-order valence-electron chi connectivity index (χ3n) is 6.74. The number of sulfonamides is 1. The number of ether oxygens (including phenoxy) is 4. The number of anilines is 1. The van der Waals surface area contributed by atoms with E-state index in [2.05, 4.69) is 0 Å². The Bertz CT molecular complexity index is 1470. The van der Waals surface area contributed by atoms with Gasteiger partial charge in [0.15, 0.2) is 5.54 Å². The molecule has 1 aliphatic rings. The van der Waals surface area contributed by atoms with Gasteiger partial charge in [0.05, 0.1) is 33.0 Å². The quantitative estimate of drug-likeness (QED) is 0.203. The van der Waals surface area contributed by atoms with Gasteiger partial charge in [0.2, 0.25) is 0 Å². The lowest BCUT2D eigenvalue weighted by Crippen LogP contribution is -2.62. The molecule has 1 aromatic heterocycles. The Hall–Kier alpha value is -3.23. The van der Waals surface area contributed by atoms with E-state index >= 15 is 0 Å². The minimum Gasteiger partial charge on any atom is -0.496 e. The Kier molecular flexibility index (Phi) is 10.8. The highest BCUT2D eigenvalue weighted by atomic mass is 32.2. The summed E-state index contributed by atoms with van der Waals surface area (Å²) in [5, 5.41) is -0.0512. The van der Waals surface area contributed by atoms with Crippen molar-refractivity contribution in [2.75, 3.05) is 31.8 Å². The standard InChI is InChI=1S/C29H39FN2O9S2/c1-9-11-14-40-27(34)29(6,7)32-28(35)31(16-22(41-17(3)4)20-15-19(30)12-13-21(20)38-8)25-24(43(32,36)37)18(5)23(42-25)26(33)39-10-2/h12-13,15,17,22H,9-11,14,16H2,1-8H3/t22-/m0/s1. The van der Waals surface area contributed by atoms with Gasteiger partial charge in [-0.25, -0.2) is 27.2 Å². The second-order valence-electron chi connectivity index (χ2n) is 10.7. The van der Waals surface area contributed by atoms with Gasteiger partial charge in [-0.15, -0.1) is 11.3 Å². The zero-order valence-corrected chi connectivity index (χ0v) is 27.3. The van der Waals surface area contributed by atoms with Crippen LogP contribution < -0.4 is 9.64 Å². The molecule has 0 saturated carbocycles. The van der Waals surface area contributed by atoms with Gasteiger partial charge in [0.25, 0.3) is 10.0 Å². The monoisotopic (exact) mass is 642 g/mol. The van der Waals surface area contributed by atoms with E-state index in [1.807, 2.05) is 6.92 Å². The zero-order valence-electron chi connectivity index (χ0n) is 25.7. The molecular weight excluding hydrogens is 603 g/mol. The maximum Gasteiger partial charge on any atom is 0.348 e. The first kappa shape index (κ1) is 34.3. The van der Waals surface area contributed by atoms with Crippen LogP contribution in [-0.4, -0.2) is 69.2 Å². The first-order valence-corrected chi connectivity index (χ1v) is 16.2. The van der Waals surface area contributed by atoms with E-state index < -0.39 is 51.6 Å². The second-order valence-corrected chi connectivity index (χ2v) is 13.4.